The zero-order valence-corrected chi connectivity index (χ0v) is 17.8. The molecule has 156 valence electrons. The molecule has 0 atom stereocenters. The molecule has 0 radical (unpaired) electrons. The molecule has 0 unspecified atom stereocenters. The summed E-state index contributed by atoms with van der Waals surface area (Å²) in [6.07, 6.45) is 4.23. The van der Waals surface area contributed by atoms with Crippen molar-refractivity contribution in [2.24, 2.45) is 0 Å². The number of amides is 1. The van der Waals surface area contributed by atoms with Gasteiger partial charge in [-0.15, -0.1) is 0 Å². The molecule has 30 heavy (non-hydrogen) atoms. The van der Waals surface area contributed by atoms with E-state index in [9.17, 15) is 4.79 Å². The Morgan fingerprint density at radius 2 is 1.97 bits per heavy atom. The molecule has 0 aliphatic rings. The normalized spacial score (nSPS) is 11.2. The van der Waals surface area contributed by atoms with Gasteiger partial charge in [0, 0.05) is 12.0 Å². The molecule has 0 aliphatic heterocycles. The number of hydrogen-bond donors (Lipinski definition) is 1. The minimum absolute atomic E-state index is 0.159. The van der Waals surface area contributed by atoms with Gasteiger partial charge in [0.1, 0.15) is 5.75 Å². The van der Waals surface area contributed by atoms with Crippen LogP contribution in [-0.4, -0.2) is 22.7 Å². The summed E-state index contributed by atoms with van der Waals surface area (Å²) >= 11 is 0. The van der Waals surface area contributed by atoms with Gasteiger partial charge in [-0.3, -0.25) is 4.79 Å². The molecule has 1 aromatic heterocycles. The summed E-state index contributed by atoms with van der Waals surface area (Å²) in [7, 11) is 0. The second-order valence-electron chi connectivity index (χ2n) is 7.35. The largest absolute Gasteiger partial charge is 0.494 e. The van der Waals surface area contributed by atoms with E-state index in [4.69, 9.17) is 9.26 Å². The minimum Gasteiger partial charge on any atom is -0.494 e. The van der Waals surface area contributed by atoms with Gasteiger partial charge in [-0.25, -0.2) is 0 Å². The lowest BCUT2D eigenvalue weighted by Crippen LogP contribution is -2.10. The fourth-order valence-corrected chi connectivity index (χ4v) is 2.82. The van der Waals surface area contributed by atoms with Crippen LogP contribution in [0.2, 0.25) is 0 Å². The van der Waals surface area contributed by atoms with E-state index in [2.05, 4.69) is 22.4 Å². The summed E-state index contributed by atoms with van der Waals surface area (Å²) in [4.78, 5) is 17.0. The standard InChI is InChI=1S/C24H27N3O3/c1-5-15-29-19-12-9-18(10-13-19)11-14-21(28)25-22-17(4)7-6-8-20(22)24-26-23(16(2)3)27-30-24/h6-14,16H,5,15H2,1-4H3,(H,25,28)/b14-11+. The van der Waals surface area contributed by atoms with Gasteiger partial charge >= 0.3 is 0 Å². The van der Waals surface area contributed by atoms with Gasteiger partial charge in [-0.1, -0.05) is 50.2 Å². The fraction of sp³-hybridized carbons (Fsp3) is 0.292. The van der Waals surface area contributed by atoms with E-state index in [1.165, 1.54) is 6.08 Å². The van der Waals surface area contributed by atoms with Crippen LogP contribution in [0.5, 0.6) is 5.75 Å². The third-order valence-corrected chi connectivity index (χ3v) is 4.49. The highest BCUT2D eigenvalue weighted by Gasteiger charge is 2.17. The molecular weight excluding hydrogens is 378 g/mol. The first-order valence-corrected chi connectivity index (χ1v) is 10.1. The average molecular weight is 405 g/mol. The molecule has 0 bridgehead atoms. The molecule has 1 N–H and O–H groups in total. The van der Waals surface area contributed by atoms with Crippen molar-refractivity contribution in [2.45, 2.75) is 40.0 Å². The number of benzene rings is 2. The lowest BCUT2D eigenvalue weighted by Gasteiger charge is -2.10. The van der Waals surface area contributed by atoms with Crippen molar-refractivity contribution in [3.05, 3.63) is 65.5 Å². The number of carbonyl (C=O) groups is 1. The van der Waals surface area contributed by atoms with Gasteiger partial charge in [0.05, 0.1) is 17.9 Å². The topological polar surface area (TPSA) is 77.2 Å². The molecular formula is C24H27N3O3. The van der Waals surface area contributed by atoms with E-state index in [-0.39, 0.29) is 11.8 Å². The van der Waals surface area contributed by atoms with Crippen molar-refractivity contribution >= 4 is 17.7 Å². The summed E-state index contributed by atoms with van der Waals surface area (Å²) < 4.78 is 11.0. The molecule has 3 rings (SSSR count). The first kappa shape index (κ1) is 21.3. The monoisotopic (exact) mass is 405 g/mol. The van der Waals surface area contributed by atoms with Crippen LogP contribution in [0.15, 0.2) is 53.1 Å². The van der Waals surface area contributed by atoms with Crippen molar-refractivity contribution in [3.8, 4) is 17.2 Å². The number of rotatable bonds is 8. The van der Waals surface area contributed by atoms with E-state index in [1.54, 1.807) is 6.08 Å². The zero-order chi connectivity index (χ0) is 21.5. The van der Waals surface area contributed by atoms with Crippen LogP contribution in [0.1, 0.15) is 50.1 Å². The molecule has 6 nitrogen and oxygen atoms in total. The number of aryl methyl sites for hydroxylation is 1. The minimum atomic E-state index is -0.236. The third kappa shape index (κ3) is 5.35. The predicted molar refractivity (Wildman–Crippen MR) is 118 cm³/mol. The van der Waals surface area contributed by atoms with Gasteiger partial charge in [-0.2, -0.15) is 4.98 Å². The van der Waals surface area contributed by atoms with Gasteiger partial charge < -0.3 is 14.6 Å². The highest BCUT2D eigenvalue weighted by atomic mass is 16.5. The summed E-state index contributed by atoms with van der Waals surface area (Å²) in [5, 5.41) is 6.97. The molecule has 2 aromatic carbocycles. The van der Waals surface area contributed by atoms with E-state index < -0.39 is 0 Å². The summed E-state index contributed by atoms with van der Waals surface area (Å²) in [6, 6.07) is 13.3. The second kappa shape index (κ2) is 9.87. The van der Waals surface area contributed by atoms with Crippen LogP contribution in [0.3, 0.4) is 0 Å². The fourth-order valence-electron chi connectivity index (χ4n) is 2.82. The Morgan fingerprint density at radius 1 is 1.20 bits per heavy atom. The van der Waals surface area contributed by atoms with E-state index >= 15 is 0 Å². The zero-order valence-electron chi connectivity index (χ0n) is 17.8. The number of anilines is 1. The predicted octanol–water partition coefficient (Wildman–Crippen LogP) is 5.61. The number of nitrogens with one attached hydrogen (secondary N) is 1. The Hall–Kier alpha value is -3.41. The quantitative estimate of drug-likeness (QED) is 0.493. The summed E-state index contributed by atoms with van der Waals surface area (Å²) in [5.41, 5.74) is 3.19. The Labute approximate surface area is 177 Å². The maximum atomic E-state index is 12.6. The molecule has 0 spiro atoms. The van der Waals surface area contributed by atoms with Crippen LogP contribution in [-0.2, 0) is 4.79 Å². The number of aromatic nitrogens is 2. The molecule has 0 aliphatic carbocycles. The molecule has 3 aromatic rings. The highest BCUT2D eigenvalue weighted by Crippen LogP contribution is 2.30. The molecule has 1 heterocycles. The molecule has 0 fully saturated rings. The van der Waals surface area contributed by atoms with E-state index in [0.29, 0.717) is 29.6 Å². The Kier molecular flexibility index (Phi) is 7.01. The highest BCUT2D eigenvalue weighted by molar-refractivity contribution is 6.04. The third-order valence-electron chi connectivity index (χ3n) is 4.49. The Balaban J connectivity index is 1.74. The maximum Gasteiger partial charge on any atom is 0.260 e. The van der Waals surface area contributed by atoms with Crippen molar-refractivity contribution in [1.82, 2.24) is 10.1 Å². The Morgan fingerprint density at radius 3 is 2.63 bits per heavy atom. The number of ether oxygens (including phenoxy) is 1. The number of carbonyl (C=O) groups excluding carboxylic acids is 1. The molecule has 0 saturated heterocycles. The molecule has 1 amide bonds. The van der Waals surface area contributed by atoms with Gasteiger partial charge in [0.25, 0.3) is 5.89 Å². The Bertz CT molecular complexity index is 1020. The van der Waals surface area contributed by atoms with E-state index in [1.807, 2.05) is 63.2 Å². The van der Waals surface area contributed by atoms with E-state index in [0.717, 1.165) is 23.3 Å². The lowest BCUT2D eigenvalue weighted by molar-refractivity contribution is -0.111. The molecule has 6 heteroatoms. The summed E-state index contributed by atoms with van der Waals surface area (Å²) in [6.45, 7) is 8.69. The van der Waals surface area contributed by atoms with Crippen LogP contribution in [0.4, 0.5) is 5.69 Å². The number of hydrogen-bond acceptors (Lipinski definition) is 5. The first-order valence-electron chi connectivity index (χ1n) is 10.1. The van der Waals surface area contributed by atoms with Gasteiger partial charge in [0.15, 0.2) is 5.82 Å². The van der Waals surface area contributed by atoms with Crippen LogP contribution < -0.4 is 10.1 Å². The number of nitrogens with zero attached hydrogens (tertiary/aromatic N) is 2. The van der Waals surface area contributed by atoms with Crippen LogP contribution >= 0.6 is 0 Å². The van der Waals surface area contributed by atoms with Crippen molar-refractivity contribution in [2.75, 3.05) is 11.9 Å². The average Bonchev–Trinajstić information content (AvgIpc) is 3.23. The van der Waals surface area contributed by atoms with Crippen LogP contribution in [0, 0.1) is 6.92 Å². The van der Waals surface area contributed by atoms with Crippen molar-refractivity contribution in [3.63, 3.8) is 0 Å². The smallest absolute Gasteiger partial charge is 0.260 e. The first-order chi connectivity index (χ1) is 14.5. The second-order valence-corrected chi connectivity index (χ2v) is 7.35. The lowest BCUT2D eigenvalue weighted by atomic mass is 10.1. The number of para-hydroxylation sites is 1. The van der Waals surface area contributed by atoms with Gasteiger partial charge in [-0.05, 0) is 48.7 Å². The van der Waals surface area contributed by atoms with Crippen molar-refractivity contribution in [1.29, 1.82) is 0 Å². The van der Waals surface area contributed by atoms with Crippen LogP contribution in [0.25, 0.3) is 17.5 Å². The SMILES string of the molecule is CCCOc1ccc(/C=C/C(=O)Nc2c(C)cccc2-c2nc(C(C)C)no2)cc1. The maximum absolute atomic E-state index is 12.6. The van der Waals surface area contributed by atoms with Crippen molar-refractivity contribution < 1.29 is 14.1 Å². The molecule has 0 saturated carbocycles. The van der Waals surface area contributed by atoms with Gasteiger partial charge in [0.2, 0.25) is 5.91 Å². The summed E-state index contributed by atoms with van der Waals surface area (Å²) in [5.74, 6) is 1.77.